The zero-order valence-electron chi connectivity index (χ0n) is 27.8. The van der Waals surface area contributed by atoms with Crippen molar-refractivity contribution in [3.05, 3.63) is 79.9 Å². The molecule has 4 amide bonds. The first-order valence-corrected chi connectivity index (χ1v) is 17.8. The van der Waals surface area contributed by atoms with Gasteiger partial charge < -0.3 is 24.6 Å². The highest BCUT2D eigenvalue weighted by atomic mass is 32.2. The van der Waals surface area contributed by atoms with Gasteiger partial charge in [-0.1, -0.05) is 43.0 Å². The first-order chi connectivity index (χ1) is 23.9. The van der Waals surface area contributed by atoms with E-state index in [0.29, 0.717) is 40.9 Å². The molecule has 2 N–H and O–H groups in total. The molecular weight excluding hydrogens is 662 g/mol. The fourth-order valence-corrected chi connectivity index (χ4v) is 7.65. The third kappa shape index (κ3) is 6.93. The van der Waals surface area contributed by atoms with Crippen molar-refractivity contribution in [3.63, 3.8) is 0 Å². The van der Waals surface area contributed by atoms with Crippen LogP contribution in [0.5, 0.6) is 11.5 Å². The number of carbonyl (C=O) groups excluding carboxylic acids is 4. The SMILES string of the molecule is C=CC(=O)N(C)CC(=O)N1C[C@H](Oc2cc(-c3ccccc3)nc3cc(OC)ccc23)C[C@H]1C(=O)N[C@]1(C(=O)NS(=O)(=O)C2CC2)C[C@H]1C=C. The van der Waals surface area contributed by atoms with Crippen molar-refractivity contribution in [3.8, 4) is 22.8 Å². The largest absolute Gasteiger partial charge is 0.497 e. The Morgan fingerprint density at radius 3 is 2.48 bits per heavy atom. The van der Waals surface area contributed by atoms with Gasteiger partial charge in [-0.3, -0.25) is 23.9 Å². The number of nitrogens with one attached hydrogen (secondary N) is 2. The van der Waals surface area contributed by atoms with Gasteiger partial charge in [0.05, 0.1) is 36.7 Å². The molecule has 4 atom stereocenters. The molecule has 3 fully saturated rings. The van der Waals surface area contributed by atoms with E-state index in [1.165, 1.54) is 22.9 Å². The van der Waals surface area contributed by atoms with E-state index >= 15 is 0 Å². The zero-order chi connectivity index (χ0) is 35.8. The Morgan fingerprint density at radius 2 is 1.84 bits per heavy atom. The third-order valence-electron chi connectivity index (χ3n) is 9.40. The standard InChI is InChI=1S/C36H39N5O8S/c1-5-23-19-36(23,35(45)39-50(46,47)26-13-14-26)38-34(44)30-17-25(20-41(30)33(43)21-40(3)32(42)6-2)49-31-18-28(22-10-8-7-9-11-22)37-29-16-24(48-4)12-15-27(29)31/h5-12,15-16,18,23,25-26,30H,1-2,13-14,17,19-21H2,3-4H3,(H,38,44)(H,39,45)/t23-,25-,30+,36-/m1/s1. The molecule has 2 aliphatic carbocycles. The number of hydrogen-bond donors (Lipinski definition) is 2. The molecule has 0 bridgehead atoms. The molecule has 0 spiro atoms. The Morgan fingerprint density at radius 1 is 1.10 bits per heavy atom. The highest BCUT2D eigenvalue weighted by Gasteiger charge is 2.62. The van der Waals surface area contributed by atoms with Crippen molar-refractivity contribution < 1.29 is 37.1 Å². The molecule has 6 rings (SSSR count). The van der Waals surface area contributed by atoms with Crippen LogP contribution in [0.2, 0.25) is 0 Å². The van der Waals surface area contributed by atoms with Gasteiger partial charge in [-0.05, 0) is 37.5 Å². The van der Waals surface area contributed by atoms with Gasteiger partial charge >= 0.3 is 0 Å². The quantitative estimate of drug-likeness (QED) is 0.201. The number of sulfonamides is 1. The number of aromatic nitrogens is 1. The van der Waals surface area contributed by atoms with Crippen LogP contribution in [0, 0.1) is 5.92 Å². The van der Waals surface area contributed by atoms with Gasteiger partial charge in [0.15, 0.2) is 0 Å². The highest BCUT2D eigenvalue weighted by molar-refractivity contribution is 7.91. The number of pyridine rings is 1. The maximum atomic E-state index is 14.0. The number of methoxy groups -OCH3 is 1. The van der Waals surface area contributed by atoms with E-state index in [1.807, 2.05) is 36.4 Å². The van der Waals surface area contributed by atoms with Gasteiger partial charge in [0.1, 0.15) is 29.2 Å². The third-order valence-corrected chi connectivity index (χ3v) is 11.2. The molecule has 262 valence electrons. The topological polar surface area (TPSA) is 164 Å². The monoisotopic (exact) mass is 701 g/mol. The van der Waals surface area contributed by atoms with Crippen LogP contribution < -0.4 is 19.5 Å². The van der Waals surface area contributed by atoms with Crippen molar-refractivity contribution in [1.29, 1.82) is 0 Å². The molecule has 2 heterocycles. The molecule has 0 radical (unpaired) electrons. The summed E-state index contributed by atoms with van der Waals surface area (Å²) in [6.07, 6.45) is 3.03. The lowest BCUT2D eigenvalue weighted by Gasteiger charge is -2.27. The van der Waals surface area contributed by atoms with Gasteiger partial charge in [-0.2, -0.15) is 0 Å². The summed E-state index contributed by atoms with van der Waals surface area (Å²) in [4.78, 5) is 60.6. The van der Waals surface area contributed by atoms with E-state index < -0.39 is 62.5 Å². The lowest BCUT2D eigenvalue weighted by Crippen LogP contribution is -2.57. The second-order valence-electron chi connectivity index (χ2n) is 12.9. The molecule has 2 aromatic carbocycles. The van der Waals surface area contributed by atoms with Crippen LogP contribution in [0.4, 0.5) is 0 Å². The Bertz CT molecular complexity index is 1980. The van der Waals surface area contributed by atoms with Crippen molar-refractivity contribution in [2.24, 2.45) is 5.92 Å². The highest BCUT2D eigenvalue weighted by Crippen LogP contribution is 2.45. The number of carbonyl (C=O) groups is 4. The maximum absolute atomic E-state index is 14.0. The molecule has 1 saturated heterocycles. The van der Waals surface area contributed by atoms with Gasteiger partial charge in [-0.25, -0.2) is 13.4 Å². The van der Waals surface area contributed by atoms with Gasteiger partial charge in [0.25, 0.3) is 5.91 Å². The number of hydrogen-bond acceptors (Lipinski definition) is 9. The first kappa shape index (κ1) is 34.6. The summed E-state index contributed by atoms with van der Waals surface area (Å²) < 4.78 is 39.4. The fraction of sp³-hybridized carbons (Fsp3) is 0.361. The predicted molar refractivity (Wildman–Crippen MR) is 185 cm³/mol. The van der Waals surface area contributed by atoms with Crippen LogP contribution in [0.3, 0.4) is 0 Å². The van der Waals surface area contributed by atoms with E-state index in [1.54, 1.807) is 25.3 Å². The van der Waals surface area contributed by atoms with E-state index in [2.05, 4.69) is 23.2 Å². The van der Waals surface area contributed by atoms with E-state index in [-0.39, 0.29) is 25.9 Å². The van der Waals surface area contributed by atoms with Gasteiger partial charge in [0, 0.05) is 42.5 Å². The lowest BCUT2D eigenvalue weighted by molar-refractivity contribution is -0.142. The second kappa shape index (κ2) is 13.6. The Labute approximate surface area is 290 Å². The van der Waals surface area contributed by atoms with E-state index in [4.69, 9.17) is 14.5 Å². The number of likely N-dealkylation sites (tertiary alicyclic amines) is 1. The number of rotatable bonds is 13. The molecule has 1 aromatic heterocycles. The molecule has 3 aromatic rings. The smallest absolute Gasteiger partial charge is 0.259 e. The normalized spacial score (nSPS) is 22.7. The minimum Gasteiger partial charge on any atom is -0.497 e. The second-order valence-corrected chi connectivity index (χ2v) is 14.8. The van der Waals surface area contributed by atoms with Crippen molar-refractivity contribution in [1.82, 2.24) is 24.8 Å². The molecule has 13 nitrogen and oxygen atoms in total. The molecule has 3 aliphatic rings. The number of nitrogens with zero attached hydrogens (tertiary/aromatic N) is 3. The van der Waals surface area contributed by atoms with Crippen molar-refractivity contribution in [2.45, 2.75) is 48.6 Å². The van der Waals surface area contributed by atoms with Crippen LogP contribution >= 0.6 is 0 Å². The van der Waals surface area contributed by atoms with Gasteiger partial charge in [0.2, 0.25) is 27.7 Å². The molecule has 50 heavy (non-hydrogen) atoms. The van der Waals surface area contributed by atoms with Gasteiger partial charge in [-0.15, -0.1) is 6.58 Å². The minimum atomic E-state index is -3.88. The Balaban J connectivity index is 1.29. The van der Waals surface area contributed by atoms with Crippen LogP contribution in [0.25, 0.3) is 22.2 Å². The summed E-state index contributed by atoms with van der Waals surface area (Å²) in [6.45, 7) is 6.88. The fourth-order valence-electron chi connectivity index (χ4n) is 6.29. The van der Waals surface area contributed by atoms with E-state index in [0.717, 1.165) is 11.6 Å². The lowest BCUT2D eigenvalue weighted by atomic mass is 10.1. The van der Waals surface area contributed by atoms with Crippen LogP contribution in [-0.4, -0.2) is 97.0 Å². The summed E-state index contributed by atoms with van der Waals surface area (Å²) >= 11 is 0. The summed E-state index contributed by atoms with van der Waals surface area (Å²) in [5, 5.41) is 2.82. The average molecular weight is 702 g/mol. The molecular formula is C36H39N5O8S. The first-order valence-electron chi connectivity index (χ1n) is 16.3. The summed E-state index contributed by atoms with van der Waals surface area (Å²) in [5.41, 5.74) is 0.578. The van der Waals surface area contributed by atoms with Crippen LogP contribution in [-0.2, 0) is 29.2 Å². The van der Waals surface area contributed by atoms with Crippen molar-refractivity contribution in [2.75, 3.05) is 27.2 Å². The molecule has 2 saturated carbocycles. The predicted octanol–water partition coefficient (Wildman–Crippen LogP) is 2.57. The zero-order valence-corrected chi connectivity index (χ0v) is 28.6. The summed E-state index contributed by atoms with van der Waals surface area (Å²) in [6, 6.07) is 15.6. The average Bonchev–Trinajstić information content (AvgIpc) is 4.04. The Kier molecular flexibility index (Phi) is 9.40. The number of fused-ring (bicyclic) bond motifs is 1. The number of benzene rings is 2. The minimum absolute atomic E-state index is 0.00613. The number of amides is 4. The van der Waals surface area contributed by atoms with Crippen molar-refractivity contribution >= 4 is 44.6 Å². The summed E-state index contributed by atoms with van der Waals surface area (Å²) in [5.74, 6) is -1.91. The molecule has 14 heteroatoms. The number of likely N-dealkylation sites (N-methyl/N-ethyl adjacent to an activating group) is 1. The van der Waals surface area contributed by atoms with Crippen LogP contribution in [0.1, 0.15) is 25.7 Å². The molecule has 1 aliphatic heterocycles. The van der Waals surface area contributed by atoms with E-state index in [9.17, 15) is 27.6 Å². The summed E-state index contributed by atoms with van der Waals surface area (Å²) in [7, 11) is -0.872. The molecule has 0 unspecified atom stereocenters. The maximum Gasteiger partial charge on any atom is 0.259 e. The number of ether oxygens (including phenoxy) is 2. The Hall–Kier alpha value is -5.24. The van der Waals surface area contributed by atoms with Crippen LogP contribution in [0.15, 0.2) is 79.9 Å².